The van der Waals surface area contributed by atoms with Crippen LogP contribution >= 0.6 is 0 Å². The van der Waals surface area contributed by atoms with Gasteiger partial charge in [-0.05, 0) is 58.9 Å². The number of aromatic nitrogens is 2. The number of carbonyl (C=O) groups is 1. The van der Waals surface area contributed by atoms with E-state index in [4.69, 9.17) is 0 Å². The number of amides is 2. The molecule has 0 saturated carbocycles. The summed E-state index contributed by atoms with van der Waals surface area (Å²) in [5.41, 5.74) is 2.68. The molecule has 0 radical (unpaired) electrons. The summed E-state index contributed by atoms with van der Waals surface area (Å²) in [7, 11) is 1.96. The molecule has 1 atom stereocenters. The van der Waals surface area contributed by atoms with Gasteiger partial charge in [0.25, 0.3) is 0 Å². The molecule has 1 aromatic heterocycles. The molecule has 1 aliphatic heterocycles. The summed E-state index contributed by atoms with van der Waals surface area (Å²) in [6.45, 7) is 9.02. The van der Waals surface area contributed by atoms with E-state index in [1.54, 1.807) is 18.7 Å². The lowest BCUT2D eigenvalue weighted by Gasteiger charge is -2.33. The maximum Gasteiger partial charge on any atom is 0.317 e. The first-order valence-electron chi connectivity index (χ1n) is 8.47. The van der Waals surface area contributed by atoms with E-state index in [9.17, 15) is 9.90 Å². The SMILES string of the molecule is Cc1nn(C)c(C)c1CCCNC(=O)N1CCC[C@H]1C(C)(C)O. The predicted octanol–water partition coefficient (Wildman–Crippen LogP) is 1.91. The first-order valence-corrected chi connectivity index (χ1v) is 8.47. The van der Waals surface area contributed by atoms with Crippen LogP contribution in [0.3, 0.4) is 0 Å². The third-order valence-electron chi connectivity index (χ3n) is 4.87. The number of nitrogens with one attached hydrogen (secondary N) is 1. The lowest BCUT2D eigenvalue weighted by molar-refractivity contribution is 0.00985. The van der Waals surface area contributed by atoms with E-state index in [1.807, 2.05) is 18.7 Å². The molecule has 2 heterocycles. The molecule has 0 bridgehead atoms. The molecular formula is C17H30N4O2. The van der Waals surface area contributed by atoms with Crippen molar-refractivity contribution in [3.63, 3.8) is 0 Å². The molecule has 2 rings (SSSR count). The number of carbonyl (C=O) groups excluding carboxylic acids is 1. The van der Waals surface area contributed by atoms with Gasteiger partial charge in [-0.2, -0.15) is 5.10 Å². The Morgan fingerprint density at radius 2 is 2.13 bits per heavy atom. The highest BCUT2D eigenvalue weighted by Gasteiger charge is 2.38. The van der Waals surface area contributed by atoms with Gasteiger partial charge in [0.1, 0.15) is 0 Å². The topological polar surface area (TPSA) is 70.4 Å². The molecule has 6 heteroatoms. The molecule has 6 nitrogen and oxygen atoms in total. The molecule has 1 fully saturated rings. The summed E-state index contributed by atoms with van der Waals surface area (Å²) in [4.78, 5) is 14.1. The van der Waals surface area contributed by atoms with Crippen LogP contribution in [0.4, 0.5) is 4.79 Å². The largest absolute Gasteiger partial charge is 0.388 e. The summed E-state index contributed by atoms with van der Waals surface area (Å²) in [6, 6.07) is -0.153. The van der Waals surface area contributed by atoms with Crippen molar-refractivity contribution >= 4 is 6.03 Å². The standard InChI is InChI=1S/C17H30N4O2/c1-12-14(13(2)20(5)19-12)8-6-10-18-16(22)21-11-7-9-15(21)17(3,4)23/h15,23H,6-11H2,1-5H3,(H,18,22)/t15-/m0/s1. The molecule has 1 aromatic rings. The Morgan fingerprint density at radius 3 is 2.70 bits per heavy atom. The van der Waals surface area contributed by atoms with Gasteiger partial charge in [-0.3, -0.25) is 4.68 Å². The highest BCUT2D eigenvalue weighted by Crippen LogP contribution is 2.26. The summed E-state index contributed by atoms with van der Waals surface area (Å²) < 4.78 is 1.90. The fourth-order valence-corrected chi connectivity index (χ4v) is 3.49. The van der Waals surface area contributed by atoms with Crippen LogP contribution in [-0.2, 0) is 13.5 Å². The molecule has 2 N–H and O–H groups in total. The Hall–Kier alpha value is -1.56. The zero-order chi connectivity index (χ0) is 17.2. The fourth-order valence-electron chi connectivity index (χ4n) is 3.49. The Bertz CT molecular complexity index is 560. The van der Waals surface area contributed by atoms with Crippen LogP contribution in [0, 0.1) is 13.8 Å². The quantitative estimate of drug-likeness (QED) is 0.814. The van der Waals surface area contributed by atoms with Gasteiger partial charge in [-0.15, -0.1) is 0 Å². The monoisotopic (exact) mass is 322 g/mol. The normalized spacial score (nSPS) is 18.5. The third kappa shape index (κ3) is 4.05. The smallest absolute Gasteiger partial charge is 0.317 e. The van der Waals surface area contributed by atoms with Crippen LogP contribution in [0.15, 0.2) is 0 Å². The van der Waals surface area contributed by atoms with Crippen molar-refractivity contribution in [1.82, 2.24) is 20.0 Å². The van der Waals surface area contributed by atoms with Gasteiger partial charge in [-0.1, -0.05) is 0 Å². The number of aliphatic hydroxyl groups is 1. The van der Waals surface area contributed by atoms with Gasteiger partial charge in [0, 0.05) is 25.8 Å². The van der Waals surface area contributed by atoms with Crippen molar-refractivity contribution in [2.24, 2.45) is 7.05 Å². The van der Waals surface area contributed by atoms with Gasteiger partial charge >= 0.3 is 6.03 Å². The number of likely N-dealkylation sites (tertiary alicyclic amines) is 1. The van der Waals surface area contributed by atoms with E-state index in [0.717, 1.165) is 37.9 Å². The van der Waals surface area contributed by atoms with Crippen molar-refractivity contribution < 1.29 is 9.90 Å². The van der Waals surface area contributed by atoms with Crippen molar-refractivity contribution in [2.45, 2.75) is 65.0 Å². The zero-order valence-electron chi connectivity index (χ0n) is 15.0. The maximum absolute atomic E-state index is 12.3. The van der Waals surface area contributed by atoms with E-state index in [1.165, 1.54) is 11.3 Å². The summed E-state index contributed by atoms with van der Waals surface area (Å²) in [5.74, 6) is 0. The van der Waals surface area contributed by atoms with Crippen LogP contribution in [0.25, 0.3) is 0 Å². The fraction of sp³-hybridized carbons (Fsp3) is 0.765. The molecule has 0 spiro atoms. The van der Waals surface area contributed by atoms with Gasteiger partial charge in [0.2, 0.25) is 0 Å². The average molecular weight is 322 g/mol. The van der Waals surface area contributed by atoms with E-state index in [2.05, 4.69) is 17.3 Å². The second-order valence-corrected chi connectivity index (χ2v) is 7.11. The Labute approximate surface area is 138 Å². The Balaban J connectivity index is 1.81. The van der Waals surface area contributed by atoms with Crippen LogP contribution in [0.5, 0.6) is 0 Å². The minimum atomic E-state index is -0.849. The molecule has 130 valence electrons. The van der Waals surface area contributed by atoms with Gasteiger partial charge < -0.3 is 15.3 Å². The number of hydrogen-bond acceptors (Lipinski definition) is 3. The van der Waals surface area contributed by atoms with Crippen LogP contribution in [0.2, 0.25) is 0 Å². The Morgan fingerprint density at radius 1 is 1.43 bits per heavy atom. The molecular weight excluding hydrogens is 292 g/mol. The number of hydrogen-bond donors (Lipinski definition) is 2. The average Bonchev–Trinajstić information content (AvgIpc) is 3.03. The van der Waals surface area contributed by atoms with Crippen molar-refractivity contribution in [2.75, 3.05) is 13.1 Å². The lowest BCUT2D eigenvalue weighted by Crippen LogP contribution is -2.51. The van der Waals surface area contributed by atoms with Crippen molar-refractivity contribution in [3.8, 4) is 0 Å². The lowest BCUT2D eigenvalue weighted by atomic mass is 9.97. The summed E-state index contributed by atoms with van der Waals surface area (Å²) >= 11 is 0. The molecule has 23 heavy (non-hydrogen) atoms. The minimum Gasteiger partial charge on any atom is -0.388 e. The van der Waals surface area contributed by atoms with E-state index in [0.29, 0.717) is 6.54 Å². The van der Waals surface area contributed by atoms with Gasteiger partial charge in [-0.25, -0.2) is 4.79 Å². The molecule has 0 aliphatic carbocycles. The first-order chi connectivity index (χ1) is 10.7. The first kappa shape index (κ1) is 17.8. The Kier molecular flexibility index (Phi) is 5.34. The molecule has 0 aromatic carbocycles. The number of nitrogens with zero attached hydrogens (tertiary/aromatic N) is 3. The second-order valence-electron chi connectivity index (χ2n) is 7.11. The van der Waals surface area contributed by atoms with Gasteiger partial charge in [0.05, 0.1) is 17.3 Å². The van der Waals surface area contributed by atoms with Crippen LogP contribution < -0.4 is 5.32 Å². The predicted molar refractivity (Wildman–Crippen MR) is 90.4 cm³/mol. The van der Waals surface area contributed by atoms with E-state index in [-0.39, 0.29) is 12.1 Å². The second kappa shape index (κ2) is 6.91. The van der Waals surface area contributed by atoms with Crippen molar-refractivity contribution in [1.29, 1.82) is 0 Å². The number of rotatable bonds is 5. The molecule has 2 amide bonds. The number of aryl methyl sites for hydroxylation is 2. The number of urea groups is 1. The molecule has 1 saturated heterocycles. The van der Waals surface area contributed by atoms with Gasteiger partial charge in [0.15, 0.2) is 0 Å². The van der Waals surface area contributed by atoms with E-state index < -0.39 is 5.60 Å². The maximum atomic E-state index is 12.3. The molecule has 1 aliphatic rings. The highest BCUT2D eigenvalue weighted by atomic mass is 16.3. The zero-order valence-corrected chi connectivity index (χ0v) is 15.0. The molecule has 0 unspecified atom stereocenters. The third-order valence-corrected chi connectivity index (χ3v) is 4.87. The summed E-state index contributed by atoms with van der Waals surface area (Å²) in [6.07, 6.45) is 3.63. The van der Waals surface area contributed by atoms with Crippen molar-refractivity contribution in [3.05, 3.63) is 17.0 Å². The van der Waals surface area contributed by atoms with Crippen LogP contribution in [0.1, 0.15) is 50.1 Å². The highest BCUT2D eigenvalue weighted by molar-refractivity contribution is 5.75. The summed E-state index contributed by atoms with van der Waals surface area (Å²) in [5, 5.41) is 17.6. The van der Waals surface area contributed by atoms with E-state index >= 15 is 0 Å². The minimum absolute atomic E-state index is 0.0609. The van der Waals surface area contributed by atoms with Crippen LogP contribution in [-0.4, -0.2) is 50.6 Å².